The molecule has 10 heteroatoms. The van der Waals surface area contributed by atoms with E-state index >= 15 is 0 Å². The zero-order valence-electron chi connectivity index (χ0n) is 43.2. The van der Waals surface area contributed by atoms with E-state index in [0.717, 1.165) is 69.8 Å². The fourth-order valence-corrected chi connectivity index (χ4v) is 8.60. The number of hydrogen-bond donors (Lipinski definition) is 1. The lowest BCUT2D eigenvalue weighted by Gasteiger charge is -2.16. The average Bonchev–Trinajstić information content (AvgIpc) is 3.34. The Balaban J connectivity index is 1.75. The third-order valence-electron chi connectivity index (χ3n) is 12.9. The zero-order valence-corrected chi connectivity index (χ0v) is 43.2. The van der Waals surface area contributed by atoms with E-state index in [9.17, 15) is 24.3 Å². The summed E-state index contributed by atoms with van der Waals surface area (Å²) in [5, 5.41) is 11.0. The van der Waals surface area contributed by atoms with Crippen LogP contribution in [0.25, 0.3) is 0 Å². The minimum absolute atomic E-state index is 0.0583. The van der Waals surface area contributed by atoms with Gasteiger partial charge in [-0.25, -0.2) is 9.59 Å². The molecule has 0 fully saturated rings. The van der Waals surface area contributed by atoms with Crippen LogP contribution in [0.5, 0.6) is 0 Å². The van der Waals surface area contributed by atoms with Crippen LogP contribution in [0, 0.1) is 11.8 Å². The number of aliphatic hydroxyl groups is 1. The molecule has 386 valence electrons. The van der Waals surface area contributed by atoms with Crippen molar-refractivity contribution in [1.82, 2.24) is 0 Å². The maximum atomic E-state index is 13.3. The molecule has 68 heavy (non-hydrogen) atoms. The first-order valence-corrected chi connectivity index (χ1v) is 27.3. The summed E-state index contributed by atoms with van der Waals surface area (Å²) in [7, 11) is 0. The minimum Gasteiger partial charge on any atom is -0.466 e. The first-order valence-electron chi connectivity index (χ1n) is 27.3. The van der Waals surface area contributed by atoms with E-state index in [2.05, 4.69) is 27.7 Å². The lowest BCUT2D eigenvalue weighted by molar-refractivity contribution is -0.145. The highest BCUT2D eigenvalue weighted by molar-refractivity contribution is 5.95. The Morgan fingerprint density at radius 3 is 1.34 bits per heavy atom. The van der Waals surface area contributed by atoms with Gasteiger partial charge in [0.25, 0.3) is 0 Å². The maximum Gasteiger partial charge on any atom is 0.338 e. The van der Waals surface area contributed by atoms with Crippen molar-refractivity contribution in [1.29, 1.82) is 0 Å². The third-order valence-corrected chi connectivity index (χ3v) is 12.9. The lowest BCUT2D eigenvalue weighted by atomic mass is 9.92. The number of ether oxygens (including phenoxy) is 5. The van der Waals surface area contributed by atoms with Crippen LogP contribution in [0.4, 0.5) is 0 Å². The zero-order chi connectivity index (χ0) is 49.3. The van der Waals surface area contributed by atoms with Gasteiger partial charge in [0.05, 0.1) is 37.6 Å². The van der Waals surface area contributed by atoms with Crippen LogP contribution >= 0.6 is 0 Å². The first-order chi connectivity index (χ1) is 33.2. The van der Waals surface area contributed by atoms with Gasteiger partial charge >= 0.3 is 23.9 Å². The van der Waals surface area contributed by atoms with Gasteiger partial charge in [0.15, 0.2) is 6.29 Å². The second-order valence-corrected chi connectivity index (χ2v) is 19.0. The number of benzene rings is 2. The molecular weight excluding hydrogens is 857 g/mol. The highest BCUT2D eigenvalue weighted by atomic mass is 16.6. The van der Waals surface area contributed by atoms with Crippen molar-refractivity contribution >= 4 is 23.9 Å². The summed E-state index contributed by atoms with van der Waals surface area (Å²) in [6.07, 6.45) is 29.6. The summed E-state index contributed by atoms with van der Waals surface area (Å²) < 4.78 is 28.1. The molecular formula is C58H94O10. The molecule has 0 radical (unpaired) electrons. The smallest absolute Gasteiger partial charge is 0.338 e. The van der Waals surface area contributed by atoms with Gasteiger partial charge < -0.3 is 28.8 Å². The van der Waals surface area contributed by atoms with E-state index in [1.807, 2.05) is 30.3 Å². The number of hydrogen-bond acceptors (Lipinski definition) is 10. The second-order valence-electron chi connectivity index (χ2n) is 19.0. The number of aliphatic hydroxyl groups excluding tert-OH is 1. The molecule has 1 unspecified atom stereocenters. The predicted molar refractivity (Wildman–Crippen MR) is 273 cm³/mol. The summed E-state index contributed by atoms with van der Waals surface area (Å²) >= 11 is 0. The van der Waals surface area contributed by atoms with Crippen molar-refractivity contribution in [2.24, 2.45) is 11.8 Å². The molecule has 1 atom stereocenters. The van der Waals surface area contributed by atoms with Crippen LogP contribution in [0.2, 0.25) is 0 Å². The van der Waals surface area contributed by atoms with Crippen LogP contribution in [0.15, 0.2) is 48.5 Å². The largest absolute Gasteiger partial charge is 0.466 e. The molecule has 0 aliphatic carbocycles. The van der Waals surface area contributed by atoms with Gasteiger partial charge in [-0.2, -0.15) is 0 Å². The van der Waals surface area contributed by atoms with Gasteiger partial charge in [-0.1, -0.05) is 199 Å². The normalized spacial score (nSPS) is 11.8. The van der Waals surface area contributed by atoms with E-state index in [0.29, 0.717) is 50.7 Å². The van der Waals surface area contributed by atoms with Crippen molar-refractivity contribution in [2.45, 2.75) is 233 Å². The van der Waals surface area contributed by atoms with Gasteiger partial charge in [0, 0.05) is 18.4 Å². The van der Waals surface area contributed by atoms with Crippen LogP contribution in [0.3, 0.4) is 0 Å². The van der Waals surface area contributed by atoms with Crippen molar-refractivity contribution in [3.63, 3.8) is 0 Å². The van der Waals surface area contributed by atoms with Gasteiger partial charge in [-0.05, 0) is 74.1 Å². The van der Waals surface area contributed by atoms with Crippen LogP contribution in [0.1, 0.15) is 258 Å². The van der Waals surface area contributed by atoms with Crippen LogP contribution in [-0.2, 0) is 39.9 Å². The van der Waals surface area contributed by atoms with Gasteiger partial charge in [0.2, 0.25) is 0 Å². The summed E-state index contributed by atoms with van der Waals surface area (Å²) in [4.78, 5) is 51.2. The molecule has 0 saturated heterocycles. The summed E-state index contributed by atoms with van der Waals surface area (Å²) in [5.74, 6) is -0.176. The molecule has 10 nitrogen and oxygen atoms in total. The molecule has 1 N–H and O–H groups in total. The van der Waals surface area contributed by atoms with Gasteiger partial charge in [0.1, 0.15) is 6.61 Å². The number of carbonyl (C=O) groups is 4. The molecule has 2 rings (SSSR count). The fraction of sp³-hybridized carbons (Fsp3) is 0.724. The molecule has 0 bridgehead atoms. The van der Waals surface area contributed by atoms with Crippen molar-refractivity contribution in [3.05, 3.63) is 70.8 Å². The maximum absolute atomic E-state index is 13.3. The molecule has 0 aliphatic heterocycles. The number of unbranched alkanes of at least 4 members (excludes halogenated alkanes) is 16. The molecule has 0 aliphatic rings. The van der Waals surface area contributed by atoms with Crippen molar-refractivity contribution in [2.75, 3.05) is 26.4 Å². The molecule has 2 aromatic carbocycles. The number of esters is 4. The SMILES string of the molecule is CCCCCC(CCCCC)CCOC(=O)CCCCCCCOC(=O)c1cc(C(=O)OCc2ccccc2)cc(C(O)OCCCCCCCC(=O)OCCC(CCCCC)CCCCC)c1. The van der Waals surface area contributed by atoms with E-state index in [4.69, 9.17) is 23.7 Å². The van der Waals surface area contributed by atoms with Crippen LogP contribution < -0.4 is 0 Å². The standard InChI is InChI=1S/C58H94O10/c1-5-9-20-30-48(31-21-10-6-2)38-42-64-54(59)36-26-15-13-17-28-40-66-56(61)51-44-52(46-53(45-51)58(63)68-47-50-34-24-19-25-35-50)57(62)67-41-29-18-14-16-27-37-55(60)65-43-39-49(32-22-11-7-3)33-23-12-8-4/h19,24-25,34-35,44-46,48-49,56,61H,5-18,20-23,26-33,36-43,47H2,1-4H3. The Hall–Kier alpha value is -3.76. The Morgan fingerprint density at radius 1 is 0.441 bits per heavy atom. The van der Waals surface area contributed by atoms with E-state index in [1.165, 1.54) is 121 Å². The molecule has 0 heterocycles. The summed E-state index contributed by atoms with van der Waals surface area (Å²) in [6.45, 7) is 10.5. The van der Waals surface area contributed by atoms with Gasteiger partial charge in [-0.15, -0.1) is 0 Å². The predicted octanol–water partition coefficient (Wildman–Crippen LogP) is 15.3. The average molecular weight is 951 g/mol. The summed E-state index contributed by atoms with van der Waals surface area (Å²) in [6, 6.07) is 13.7. The summed E-state index contributed by atoms with van der Waals surface area (Å²) in [5.41, 5.74) is 1.32. The van der Waals surface area contributed by atoms with Crippen molar-refractivity contribution < 1.29 is 48.0 Å². The molecule has 0 spiro atoms. The molecule has 2 aromatic rings. The monoisotopic (exact) mass is 951 g/mol. The second kappa shape index (κ2) is 41.1. The minimum atomic E-state index is -1.36. The Morgan fingerprint density at radius 2 is 0.868 bits per heavy atom. The lowest BCUT2D eigenvalue weighted by Crippen LogP contribution is -2.13. The first kappa shape index (κ1) is 60.4. The van der Waals surface area contributed by atoms with Crippen LogP contribution in [-0.4, -0.2) is 55.4 Å². The molecule has 0 aromatic heterocycles. The number of rotatable bonds is 44. The van der Waals surface area contributed by atoms with E-state index in [-0.39, 0.29) is 48.4 Å². The van der Waals surface area contributed by atoms with Gasteiger partial charge in [-0.3, -0.25) is 9.59 Å². The molecule has 0 amide bonds. The molecule has 0 saturated carbocycles. The Labute approximate surface area is 412 Å². The fourth-order valence-electron chi connectivity index (χ4n) is 8.60. The quantitative estimate of drug-likeness (QED) is 0.0296. The number of carbonyl (C=O) groups excluding carboxylic acids is 4. The highest BCUT2D eigenvalue weighted by Crippen LogP contribution is 2.24. The highest BCUT2D eigenvalue weighted by Gasteiger charge is 2.20. The Bertz CT molecular complexity index is 1560. The Kier molecular flexibility index (Phi) is 36.5. The van der Waals surface area contributed by atoms with E-state index < -0.39 is 18.2 Å². The third kappa shape index (κ3) is 30.7. The topological polar surface area (TPSA) is 135 Å². The van der Waals surface area contributed by atoms with E-state index in [1.54, 1.807) is 0 Å². The van der Waals surface area contributed by atoms with Crippen molar-refractivity contribution in [3.8, 4) is 0 Å².